The molecule has 94 valence electrons. The number of aromatic nitrogens is 1. The summed E-state index contributed by atoms with van der Waals surface area (Å²) in [6.45, 7) is 2.40. The second kappa shape index (κ2) is 5.49. The molecule has 1 heterocycles. The first kappa shape index (κ1) is 13.0. The van der Waals surface area contributed by atoms with E-state index in [0.717, 1.165) is 15.0 Å². The topological polar surface area (TPSA) is 68.0 Å². The fourth-order valence-corrected chi connectivity index (χ4v) is 2.55. The predicted octanol–water partition coefficient (Wildman–Crippen LogP) is 2.73. The fourth-order valence-electron chi connectivity index (χ4n) is 1.48. The van der Waals surface area contributed by atoms with Gasteiger partial charge in [0.2, 0.25) is 0 Å². The van der Waals surface area contributed by atoms with Crippen LogP contribution in [0.15, 0.2) is 28.2 Å². The van der Waals surface area contributed by atoms with Crippen molar-refractivity contribution in [1.29, 1.82) is 0 Å². The van der Waals surface area contributed by atoms with Gasteiger partial charge in [-0.15, -0.1) is 11.3 Å². The Bertz CT molecular complexity index is 582. The number of aryl methyl sites for hydroxylation is 1. The van der Waals surface area contributed by atoms with Gasteiger partial charge in [-0.2, -0.15) is 0 Å². The number of nitrogens with two attached hydrogens (primary N) is 1. The van der Waals surface area contributed by atoms with Crippen LogP contribution in [0.1, 0.15) is 20.9 Å². The van der Waals surface area contributed by atoms with Crippen LogP contribution in [0.5, 0.6) is 0 Å². The van der Waals surface area contributed by atoms with Crippen molar-refractivity contribution >= 4 is 38.9 Å². The van der Waals surface area contributed by atoms with Crippen molar-refractivity contribution in [2.75, 3.05) is 5.73 Å². The normalized spacial score (nSPS) is 10.3. The molecule has 1 aromatic heterocycles. The molecule has 0 unspecified atom stereocenters. The lowest BCUT2D eigenvalue weighted by Gasteiger charge is -2.07. The Morgan fingerprint density at radius 2 is 2.33 bits per heavy atom. The number of amides is 1. The van der Waals surface area contributed by atoms with E-state index in [0.29, 0.717) is 17.8 Å². The summed E-state index contributed by atoms with van der Waals surface area (Å²) in [6.07, 6.45) is 0. The van der Waals surface area contributed by atoms with E-state index in [1.807, 2.05) is 6.92 Å². The molecule has 18 heavy (non-hydrogen) atoms. The van der Waals surface area contributed by atoms with Crippen LogP contribution in [0.3, 0.4) is 0 Å². The number of nitrogens with one attached hydrogen (secondary N) is 1. The average Bonchev–Trinajstić information content (AvgIpc) is 2.75. The van der Waals surface area contributed by atoms with Crippen molar-refractivity contribution < 1.29 is 4.79 Å². The van der Waals surface area contributed by atoms with E-state index in [-0.39, 0.29) is 5.91 Å². The van der Waals surface area contributed by atoms with Crippen LogP contribution in [-0.4, -0.2) is 10.9 Å². The van der Waals surface area contributed by atoms with Crippen LogP contribution < -0.4 is 11.1 Å². The van der Waals surface area contributed by atoms with Crippen LogP contribution >= 0.6 is 27.3 Å². The number of anilines is 1. The lowest BCUT2D eigenvalue weighted by molar-refractivity contribution is 0.0952. The number of hydrogen-bond donors (Lipinski definition) is 2. The SMILES string of the molecule is Cc1ncsc1CNC(=O)c1cc(Br)ccc1N. The number of carbonyl (C=O) groups excluding carboxylic acids is 1. The number of benzene rings is 1. The first-order chi connectivity index (χ1) is 8.58. The largest absolute Gasteiger partial charge is 0.398 e. The van der Waals surface area contributed by atoms with E-state index >= 15 is 0 Å². The van der Waals surface area contributed by atoms with Crippen LogP contribution in [0, 0.1) is 6.92 Å². The minimum atomic E-state index is -0.179. The van der Waals surface area contributed by atoms with Gasteiger partial charge in [0, 0.05) is 15.0 Å². The minimum absolute atomic E-state index is 0.179. The van der Waals surface area contributed by atoms with Crippen molar-refractivity contribution in [3.8, 4) is 0 Å². The first-order valence-electron chi connectivity index (χ1n) is 5.30. The molecule has 0 radical (unpaired) electrons. The highest BCUT2D eigenvalue weighted by atomic mass is 79.9. The zero-order valence-corrected chi connectivity index (χ0v) is 12.1. The van der Waals surface area contributed by atoms with E-state index in [4.69, 9.17) is 5.73 Å². The van der Waals surface area contributed by atoms with Gasteiger partial charge in [0.15, 0.2) is 0 Å². The van der Waals surface area contributed by atoms with E-state index < -0.39 is 0 Å². The van der Waals surface area contributed by atoms with Gasteiger partial charge < -0.3 is 11.1 Å². The molecule has 0 bridgehead atoms. The number of rotatable bonds is 3. The summed E-state index contributed by atoms with van der Waals surface area (Å²) in [6, 6.07) is 5.22. The summed E-state index contributed by atoms with van der Waals surface area (Å²) >= 11 is 4.85. The quantitative estimate of drug-likeness (QED) is 0.852. The molecule has 0 aliphatic heterocycles. The maximum Gasteiger partial charge on any atom is 0.253 e. The number of halogens is 1. The first-order valence-corrected chi connectivity index (χ1v) is 6.97. The Morgan fingerprint density at radius 3 is 3.00 bits per heavy atom. The number of thiazole rings is 1. The van der Waals surface area contributed by atoms with Gasteiger partial charge in [-0.3, -0.25) is 4.79 Å². The highest BCUT2D eigenvalue weighted by Crippen LogP contribution is 2.19. The van der Waals surface area contributed by atoms with Crippen LogP contribution in [0.25, 0.3) is 0 Å². The second-order valence-electron chi connectivity index (χ2n) is 3.78. The molecule has 2 rings (SSSR count). The van der Waals surface area contributed by atoms with Gasteiger partial charge >= 0.3 is 0 Å². The summed E-state index contributed by atoms with van der Waals surface area (Å²) in [5.74, 6) is -0.179. The smallest absolute Gasteiger partial charge is 0.253 e. The molecule has 1 aromatic carbocycles. The average molecular weight is 326 g/mol. The van der Waals surface area contributed by atoms with Gasteiger partial charge in [0.1, 0.15) is 0 Å². The Kier molecular flexibility index (Phi) is 3.98. The lowest BCUT2D eigenvalue weighted by Crippen LogP contribution is -2.23. The van der Waals surface area contributed by atoms with Crippen LogP contribution in [0.2, 0.25) is 0 Å². The van der Waals surface area contributed by atoms with E-state index in [1.165, 1.54) is 11.3 Å². The van der Waals surface area contributed by atoms with Gasteiger partial charge in [-0.05, 0) is 25.1 Å². The molecular formula is C12H12BrN3OS. The third-order valence-corrected chi connectivity index (χ3v) is 3.94. The molecule has 0 spiro atoms. The monoisotopic (exact) mass is 325 g/mol. The van der Waals surface area contributed by atoms with Gasteiger partial charge in [-0.1, -0.05) is 15.9 Å². The Hall–Kier alpha value is -1.40. The Morgan fingerprint density at radius 1 is 1.56 bits per heavy atom. The summed E-state index contributed by atoms with van der Waals surface area (Å²) in [5.41, 5.74) is 9.44. The molecule has 0 atom stereocenters. The lowest BCUT2D eigenvalue weighted by atomic mass is 10.1. The standard InChI is InChI=1S/C12H12BrN3OS/c1-7-11(18-6-16-7)5-15-12(17)9-4-8(13)2-3-10(9)14/h2-4,6H,5,14H2,1H3,(H,15,17). The zero-order chi connectivity index (χ0) is 13.1. The van der Waals surface area contributed by atoms with E-state index in [2.05, 4.69) is 26.2 Å². The molecular weight excluding hydrogens is 314 g/mol. The van der Waals surface area contributed by atoms with Crippen molar-refractivity contribution in [3.05, 3.63) is 44.3 Å². The highest BCUT2D eigenvalue weighted by molar-refractivity contribution is 9.10. The van der Waals surface area contributed by atoms with E-state index in [1.54, 1.807) is 23.7 Å². The number of nitrogens with zero attached hydrogens (tertiary/aromatic N) is 1. The zero-order valence-electron chi connectivity index (χ0n) is 9.74. The third-order valence-electron chi connectivity index (χ3n) is 2.51. The number of nitrogen functional groups attached to an aromatic ring is 1. The molecule has 0 aliphatic rings. The maximum atomic E-state index is 12.0. The number of hydrogen-bond acceptors (Lipinski definition) is 4. The minimum Gasteiger partial charge on any atom is -0.398 e. The molecule has 4 nitrogen and oxygen atoms in total. The molecule has 0 fully saturated rings. The fraction of sp³-hybridized carbons (Fsp3) is 0.167. The predicted molar refractivity (Wildman–Crippen MR) is 76.6 cm³/mol. The molecule has 3 N–H and O–H groups in total. The summed E-state index contributed by atoms with van der Waals surface area (Å²) in [7, 11) is 0. The van der Waals surface area contributed by atoms with Crippen molar-refractivity contribution in [2.24, 2.45) is 0 Å². The van der Waals surface area contributed by atoms with Crippen molar-refractivity contribution in [2.45, 2.75) is 13.5 Å². The third kappa shape index (κ3) is 2.88. The van der Waals surface area contributed by atoms with Crippen LogP contribution in [0.4, 0.5) is 5.69 Å². The molecule has 6 heteroatoms. The van der Waals surface area contributed by atoms with Crippen molar-refractivity contribution in [3.63, 3.8) is 0 Å². The Labute approximate surface area is 117 Å². The van der Waals surface area contributed by atoms with Gasteiger partial charge in [0.25, 0.3) is 5.91 Å². The summed E-state index contributed by atoms with van der Waals surface area (Å²) in [5, 5.41) is 2.84. The molecule has 2 aromatic rings. The molecule has 0 saturated heterocycles. The highest BCUT2D eigenvalue weighted by Gasteiger charge is 2.11. The van der Waals surface area contributed by atoms with Crippen LogP contribution in [-0.2, 0) is 6.54 Å². The maximum absolute atomic E-state index is 12.0. The van der Waals surface area contributed by atoms with E-state index in [9.17, 15) is 4.79 Å². The molecule has 1 amide bonds. The Balaban J connectivity index is 2.08. The number of carbonyl (C=O) groups is 1. The molecule has 0 aliphatic carbocycles. The molecule has 0 saturated carbocycles. The van der Waals surface area contributed by atoms with Gasteiger partial charge in [-0.25, -0.2) is 4.98 Å². The summed E-state index contributed by atoms with van der Waals surface area (Å²) < 4.78 is 0.829. The van der Waals surface area contributed by atoms with Gasteiger partial charge in [0.05, 0.1) is 23.3 Å². The summed E-state index contributed by atoms with van der Waals surface area (Å²) in [4.78, 5) is 17.2. The van der Waals surface area contributed by atoms with Crippen molar-refractivity contribution in [1.82, 2.24) is 10.3 Å². The second-order valence-corrected chi connectivity index (χ2v) is 5.63.